The number of carbonyl (C=O) groups excluding carboxylic acids is 1. The van der Waals surface area contributed by atoms with Crippen molar-refractivity contribution in [2.75, 3.05) is 37.7 Å². The Labute approximate surface area is 122 Å². The summed E-state index contributed by atoms with van der Waals surface area (Å²) in [6.45, 7) is 2.05. The zero-order valence-electron chi connectivity index (χ0n) is 12.1. The summed E-state index contributed by atoms with van der Waals surface area (Å²) in [6, 6.07) is 0. The molecule has 0 aromatic carbocycles. The van der Waals surface area contributed by atoms with Gasteiger partial charge in [0, 0.05) is 19.6 Å². The van der Waals surface area contributed by atoms with Crippen LogP contribution in [0, 0.1) is 5.92 Å². The van der Waals surface area contributed by atoms with Gasteiger partial charge in [0.2, 0.25) is 5.91 Å². The molecule has 1 aliphatic heterocycles. The molecule has 1 saturated carbocycles. The third-order valence-electron chi connectivity index (χ3n) is 4.39. The molecule has 2 rings (SSSR count). The van der Waals surface area contributed by atoms with E-state index in [2.05, 4.69) is 5.32 Å². The van der Waals surface area contributed by atoms with Gasteiger partial charge >= 0.3 is 0 Å². The quantitative estimate of drug-likeness (QED) is 0.737. The fourth-order valence-corrected chi connectivity index (χ4v) is 4.36. The number of nitrogens with zero attached hydrogens (tertiary/aromatic N) is 1. The van der Waals surface area contributed by atoms with Crippen molar-refractivity contribution in [3.05, 3.63) is 0 Å². The van der Waals surface area contributed by atoms with Crippen LogP contribution in [0.15, 0.2) is 0 Å². The lowest BCUT2D eigenvalue weighted by Gasteiger charge is -2.25. The summed E-state index contributed by atoms with van der Waals surface area (Å²) in [4.78, 5) is 13.7. The van der Waals surface area contributed by atoms with Crippen LogP contribution < -0.4 is 5.32 Å². The highest BCUT2D eigenvalue weighted by Crippen LogP contribution is 2.28. The van der Waals surface area contributed by atoms with Crippen LogP contribution in [0.1, 0.15) is 38.5 Å². The Balaban J connectivity index is 1.54. The average Bonchev–Trinajstić information content (AvgIpc) is 2.90. The lowest BCUT2D eigenvalue weighted by molar-refractivity contribution is -0.122. The molecule has 2 fully saturated rings. The molecule has 1 heterocycles. The maximum Gasteiger partial charge on any atom is 0.234 e. The maximum absolute atomic E-state index is 11.8. The second-order valence-corrected chi connectivity index (χ2v) is 8.37. The first kappa shape index (κ1) is 15.8. The second kappa shape index (κ2) is 7.41. The largest absolute Gasteiger partial charge is 0.355 e. The van der Waals surface area contributed by atoms with Crippen molar-refractivity contribution < 1.29 is 13.2 Å². The minimum absolute atomic E-state index is 0.0238. The number of rotatable bonds is 6. The zero-order chi connectivity index (χ0) is 14.4. The van der Waals surface area contributed by atoms with E-state index in [4.69, 9.17) is 0 Å². The van der Waals surface area contributed by atoms with Crippen LogP contribution >= 0.6 is 0 Å². The van der Waals surface area contributed by atoms with E-state index in [-0.39, 0.29) is 17.4 Å². The van der Waals surface area contributed by atoms with Crippen LogP contribution in [0.5, 0.6) is 0 Å². The maximum atomic E-state index is 11.8. The molecule has 0 aromatic rings. The summed E-state index contributed by atoms with van der Waals surface area (Å²) >= 11 is 0. The lowest BCUT2D eigenvalue weighted by atomic mass is 10.0. The molecule has 0 unspecified atom stereocenters. The van der Waals surface area contributed by atoms with Crippen molar-refractivity contribution in [3.8, 4) is 0 Å². The van der Waals surface area contributed by atoms with Crippen molar-refractivity contribution in [1.29, 1.82) is 0 Å². The number of hydrogen-bond acceptors (Lipinski definition) is 4. The van der Waals surface area contributed by atoms with Gasteiger partial charge in [0.05, 0.1) is 18.1 Å². The Kier molecular flexibility index (Phi) is 5.84. The third-order valence-corrected chi connectivity index (χ3v) is 6.00. The second-order valence-electron chi connectivity index (χ2n) is 6.07. The van der Waals surface area contributed by atoms with Gasteiger partial charge in [-0.1, -0.05) is 25.7 Å². The Hall–Kier alpha value is -0.620. The van der Waals surface area contributed by atoms with Gasteiger partial charge in [-0.2, -0.15) is 0 Å². The fourth-order valence-electron chi connectivity index (χ4n) is 3.08. The first-order chi connectivity index (χ1) is 9.55. The molecule has 1 amide bonds. The number of nitrogens with one attached hydrogen (secondary N) is 1. The predicted octanol–water partition coefficient (Wildman–Crippen LogP) is 0.803. The van der Waals surface area contributed by atoms with E-state index in [1.54, 1.807) is 0 Å². The topological polar surface area (TPSA) is 66.5 Å². The first-order valence-corrected chi connectivity index (χ1v) is 9.57. The van der Waals surface area contributed by atoms with Gasteiger partial charge in [-0.05, 0) is 18.8 Å². The van der Waals surface area contributed by atoms with E-state index in [1.807, 2.05) is 4.90 Å². The smallest absolute Gasteiger partial charge is 0.234 e. The molecule has 20 heavy (non-hydrogen) atoms. The number of hydrogen-bond donors (Lipinski definition) is 1. The van der Waals surface area contributed by atoms with E-state index >= 15 is 0 Å². The van der Waals surface area contributed by atoms with E-state index in [1.165, 1.54) is 32.1 Å². The van der Waals surface area contributed by atoms with Gasteiger partial charge in [-0.3, -0.25) is 9.69 Å². The molecule has 1 saturated heterocycles. The van der Waals surface area contributed by atoms with E-state index < -0.39 is 9.84 Å². The highest BCUT2D eigenvalue weighted by atomic mass is 32.2. The monoisotopic (exact) mass is 302 g/mol. The third kappa shape index (κ3) is 5.40. The Bertz CT molecular complexity index is 402. The predicted molar refractivity (Wildman–Crippen MR) is 79.3 cm³/mol. The summed E-state index contributed by atoms with van der Waals surface area (Å²) in [6.07, 6.45) is 7.74. The Morgan fingerprint density at radius 3 is 2.45 bits per heavy atom. The van der Waals surface area contributed by atoms with Crippen molar-refractivity contribution in [3.63, 3.8) is 0 Å². The van der Waals surface area contributed by atoms with Gasteiger partial charge < -0.3 is 5.32 Å². The van der Waals surface area contributed by atoms with Crippen LogP contribution in [0.25, 0.3) is 0 Å². The number of sulfone groups is 1. The van der Waals surface area contributed by atoms with Crippen LogP contribution in [-0.4, -0.2) is 56.9 Å². The minimum atomic E-state index is -2.86. The summed E-state index contributed by atoms with van der Waals surface area (Å²) < 4.78 is 22.6. The molecule has 2 aliphatic rings. The summed E-state index contributed by atoms with van der Waals surface area (Å²) in [5.41, 5.74) is 0. The molecule has 0 spiro atoms. The van der Waals surface area contributed by atoms with Gasteiger partial charge in [-0.25, -0.2) is 8.42 Å². The molecule has 5 nitrogen and oxygen atoms in total. The van der Waals surface area contributed by atoms with Gasteiger partial charge in [0.25, 0.3) is 0 Å². The SMILES string of the molecule is O=C(CN1CCS(=O)(=O)CC1)NCCCC1CCCC1. The van der Waals surface area contributed by atoms with Crippen molar-refractivity contribution >= 4 is 15.7 Å². The van der Waals surface area contributed by atoms with E-state index in [0.717, 1.165) is 18.9 Å². The minimum Gasteiger partial charge on any atom is -0.355 e. The highest BCUT2D eigenvalue weighted by molar-refractivity contribution is 7.91. The van der Waals surface area contributed by atoms with E-state index in [0.29, 0.717) is 19.6 Å². The van der Waals surface area contributed by atoms with Crippen LogP contribution in [-0.2, 0) is 14.6 Å². The molecule has 1 N–H and O–H groups in total. The lowest BCUT2D eigenvalue weighted by Crippen LogP contribution is -2.45. The molecule has 116 valence electrons. The van der Waals surface area contributed by atoms with Crippen molar-refractivity contribution in [1.82, 2.24) is 10.2 Å². The average molecular weight is 302 g/mol. The summed E-state index contributed by atoms with van der Waals surface area (Å²) in [5.74, 6) is 1.26. The number of amides is 1. The molecular formula is C14H26N2O3S. The van der Waals surface area contributed by atoms with Gasteiger partial charge in [0.1, 0.15) is 0 Å². The molecule has 0 bridgehead atoms. The Morgan fingerprint density at radius 2 is 1.80 bits per heavy atom. The molecule has 1 aliphatic carbocycles. The van der Waals surface area contributed by atoms with Crippen LogP contribution in [0.4, 0.5) is 0 Å². The first-order valence-electron chi connectivity index (χ1n) is 7.75. The van der Waals surface area contributed by atoms with Gasteiger partial charge in [-0.15, -0.1) is 0 Å². The molecular weight excluding hydrogens is 276 g/mol. The normalized spacial score (nSPS) is 23.8. The summed E-state index contributed by atoms with van der Waals surface area (Å²) in [5, 5.41) is 2.94. The Morgan fingerprint density at radius 1 is 1.15 bits per heavy atom. The molecule has 0 aromatic heterocycles. The molecule has 0 atom stereocenters. The fraction of sp³-hybridized carbons (Fsp3) is 0.929. The van der Waals surface area contributed by atoms with Crippen molar-refractivity contribution in [2.45, 2.75) is 38.5 Å². The molecule has 6 heteroatoms. The highest BCUT2D eigenvalue weighted by Gasteiger charge is 2.22. The molecule has 0 radical (unpaired) electrons. The van der Waals surface area contributed by atoms with Gasteiger partial charge in [0.15, 0.2) is 9.84 Å². The zero-order valence-corrected chi connectivity index (χ0v) is 13.0. The van der Waals surface area contributed by atoms with Crippen molar-refractivity contribution in [2.24, 2.45) is 5.92 Å². The summed E-state index contributed by atoms with van der Waals surface area (Å²) in [7, 11) is -2.86. The van der Waals surface area contributed by atoms with Crippen LogP contribution in [0.3, 0.4) is 0 Å². The number of carbonyl (C=O) groups is 1. The van der Waals surface area contributed by atoms with E-state index in [9.17, 15) is 13.2 Å². The standard InChI is InChI=1S/C14H26N2O3S/c17-14(12-16-8-10-20(18,19)11-9-16)15-7-3-6-13-4-1-2-5-13/h13H,1-12H2,(H,15,17). The van der Waals surface area contributed by atoms with Crippen LogP contribution in [0.2, 0.25) is 0 Å².